The number of fused-ring (bicyclic) bond motifs is 2. The lowest BCUT2D eigenvalue weighted by molar-refractivity contribution is 0.0697. The molecule has 3 rings (SSSR count). The van der Waals surface area contributed by atoms with E-state index in [2.05, 4.69) is 27.8 Å². The van der Waals surface area contributed by atoms with Crippen molar-refractivity contribution < 1.29 is 14.3 Å². The van der Waals surface area contributed by atoms with Gasteiger partial charge in [0.2, 0.25) is 0 Å². The normalized spacial score (nSPS) is 18.1. The Labute approximate surface area is 124 Å². The molecule has 1 aliphatic rings. The number of carboxylic acid groups (broad SMARTS) is 1. The van der Waals surface area contributed by atoms with Crippen LogP contribution in [0.4, 0.5) is 4.39 Å². The van der Waals surface area contributed by atoms with Gasteiger partial charge in [-0.05, 0) is 58.8 Å². The predicted octanol–water partition coefficient (Wildman–Crippen LogP) is 4.27. The van der Waals surface area contributed by atoms with Crippen molar-refractivity contribution in [2.75, 3.05) is 0 Å². The van der Waals surface area contributed by atoms with Gasteiger partial charge in [-0.15, -0.1) is 0 Å². The van der Waals surface area contributed by atoms with Crippen LogP contribution in [0.1, 0.15) is 47.3 Å². The van der Waals surface area contributed by atoms with E-state index in [0.29, 0.717) is 21.8 Å². The Morgan fingerprint density at radius 3 is 2.95 bits per heavy atom. The third kappa shape index (κ3) is 2.00. The number of nitrogens with zero attached hydrogens (tertiary/aromatic N) is 1. The van der Waals surface area contributed by atoms with Crippen LogP contribution in [0.25, 0.3) is 10.9 Å². The van der Waals surface area contributed by atoms with E-state index in [9.17, 15) is 14.3 Å². The number of hydrogen-bond donors (Lipinski definition) is 1. The Hall–Kier alpha value is -1.49. The summed E-state index contributed by atoms with van der Waals surface area (Å²) in [5.41, 5.74) is 2.34. The summed E-state index contributed by atoms with van der Waals surface area (Å²) in [7, 11) is 0. The van der Waals surface area contributed by atoms with Crippen LogP contribution in [-0.2, 0) is 6.42 Å². The molecule has 1 aromatic carbocycles. The maximum Gasteiger partial charge on any atom is 0.336 e. The number of hydrogen-bond acceptors (Lipinski definition) is 2. The molecule has 1 aliphatic carbocycles. The van der Waals surface area contributed by atoms with E-state index in [1.54, 1.807) is 0 Å². The molecule has 0 radical (unpaired) electrons. The molecule has 104 valence electrons. The van der Waals surface area contributed by atoms with E-state index in [1.807, 2.05) is 0 Å². The number of pyridine rings is 1. The van der Waals surface area contributed by atoms with Gasteiger partial charge in [-0.25, -0.2) is 9.18 Å². The molecule has 0 spiro atoms. The van der Waals surface area contributed by atoms with Crippen LogP contribution in [-0.4, -0.2) is 16.1 Å². The highest BCUT2D eigenvalue weighted by atomic mass is 79.9. The second-order valence-corrected chi connectivity index (χ2v) is 6.09. The number of carbonyl (C=O) groups is 1. The zero-order valence-corrected chi connectivity index (χ0v) is 12.5. The molecular formula is C15H13BrFNO2. The topological polar surface area (TPSA) is 50.2 Å². The molecule has 0 bridgehead atoms. The summed E-state index contributed by atoms with van der Waals surface area (Å²) in [5.74, 6) is -1.24. The van der Waals surface area contributed by atoms with Crippen molar-refractivity contribution in [3.8, 4) is 0 Å². The molecule has 1 atom stereocenters. The summed E-state index contributed by atoms with van der Waals surface area (Å²) in [6, 6.07) is 2.58. The Morgan fingerprint density at radius 1 is 1.50 bits per heavy atom. The van der Waals surface area contributed by atoms with Crippen LogP contribution < -0.4 is 0 Å². The number of halogens is 2. The fraction of sp³-hybridized carbons (Fsp3) is 0.333. The first kappa shape index (κ1) is 13.5. The van der Waals surface area contributed by atoms with E-state index in [0.717, 1.165) is 24.1 Å². The van der Waals surface area contributed by atoms with Gasteiger partial charge in [0.15, 0.2) is 0 Å². The summed E-state index contributed by atoms with van der Waals surface area (Å²) in [5, 5.41) is 9.91. The van der Waals surface area contributed by atoms with Crippen LogP contribution in [0.5, 0.6) is 0 Å². The van der Waals surface area contributed by atoms with Crippen molar-refractivity contribution in [3.05, 3.63) is 39.2 Å². The lowest BCUT2D eigenvalue weighted by Gasteiger charge is -2.24. The Morgan fingerprint density at radius 2 is 2.25 bits per heavy atom. The molecule has 1 unspecified atom stereocenters. The smallest absolute Gasteiger partial charge is 0.336 e. The molecule has 1 heterocycles. The minimum Gasteiger partial charge on any atom is -0.478 e. The Balaban J connectivity index is 2.47. The highest BCUT2D eigenvalue weighted by Gasteiger charge is 2.26. The van der Waals surface area contributed by atoms with E-state index in [1.165, 1.54) is 12.1 Å². The van der Waals surface area contributed by atoms with Gasteiger partial charge in [-0.2, -0.15) is 0 Å². The SMILES string of the molecule is CC1CCCc2c1nc1c(Br)cc(F)cc1c2C(=O)O. The van der Waals surface area contributed by atoms with Crippen molar-refractivity contribution >= 4 is 32.8 Å². The number of aromatic carboxylic acids is 1. The van der Waals surface area contributed by atoms with E-state index in [-0.39, 0.29) is 11.5 Å². The zero-order chi connectivity index (χ0) is 14.4. The summed E-state index contributed by atoms with van der Waals surface area (Å²) in [6.45, 7) is 2.06. The molecular weight excluding hydrogens is 325 g/mol. The van der Waals surface area contributed by atoms with Gasteiger partial charge >= 0.3 is 5.97 Å². The molecule has 3 nitrogen and oxygen atoms in total. The van der Waals surface area contributed by atoms with Gasteiger partial charge in [-0.3, -0.25) is 4.98 Å². The molecule has 2 aromatic rings. The van der Waals surface area contributed by atoms with Gasteiger partial charge in [0.05, 0.1) is 11.1 Å². The standard InChI is InChI=1S/C15H13BrFNO2/c1-7-3-2-4-9-12(15(19)20)10-5-8(17)6-11(16)14(10)18-13(7)9/h5-7H,2-4H2,1H3,(H,19,20). The number of carboxylic acids is 1. The fourth-order valence-corrected chi connectivity index (χ4v) is 3.50. The molecule has 20 heavy (non-hydrogen) atoms. The molecule has 0 saturated heterocycles. The summed E-state index contributed by atoms with van der Waals surface area (Å²) >= 11 is 3.28. The van der Waals surface area contributed by atoms with E-state index in [4.69, 9.17) is 0 Å². The van der Waals surface area contributed by atoms with E-state index < -0.39 is 11.8 Å². The minimum atomic E-state index is -1.01. The fourth-order valence-electron chi connectivity index (χ4n) is 2.98. The molecule has 0 fully saturated rings. The Bertz CT molecular complexity index is 730. The lowest BCUT2D eigenvalue weighted by Crippen LogP contribution is -2.16. The van der Waals surface area contributed by atoms with Crippen LogP contribution >= 0.6 is 15.9 Å². The van der Waals surface area contributed by atoms with Gasteiger partial charge in [0.25, 0.3) is 0 Å². The Kier molecular flexibility index (Phi) is 3.24. The first-order valence-corrected chi connectivity index (χ1v) is 7.33. The van der Waals surface area contributed by atoms with Gasteiger partial charge in [0, 0.05) is 15.6 Å². The maximum absolute atomic E-state index is 13.6. The van der Waals surface area contributed by atoms with Crippen molar-refractivity contribution in [2.45, 2.75) is 32.1 Å². The van der Waals surface area contributed by atoms with Crippen LogP contribution in [0.2, 0.25) is 0 Å². The average molecular weight is 338 g/mol. The monoisotopic (exact) mass is 337 g/mol. The van der Waals surface area contributed by atoms with Gasteiger partial charge in [-0.1, -0.05) is 6.92 Å². The average Bonchev–Trinajstić information content (AvgIpc) is 2.36. The summed E-state index contributed by atoms with van der Waals surface area (Å²) < 4.78 is 14.1. The highest BCUT2D eigenvalue weighted by molar-refractivity contribution is 9.10. The second kappa shape index (κ2) is 4.81. The lowest BCUT2D eigenvalue weighted by atomic mass is 9.84. The van der Waals surface area contributed by atoms with Gasteiger partial charge < -0.3 is 5.11 Å². The largest absolute Gasteiger partial charge is 0.478 e. The molecule has 0 saturated carbocycles. The van der Waals surface area contributed by atoms with Crippen LogP contribution in [0.3, 0.4) is 0 Å². The van der Waals surface area contributed by atoms with E-state index >= 15 is 0 Å². The molecule has 5 heteroatoms. The summed E-state index contributed by atoms with van der Waals surface area (Å²) in [4.78, 5) is 16.3. The zero-order valence-electron chi connectivity index (χ0n) is 10.9. The molecule has 1 N–H and O–H groups in total. The summed E-state index contributed by atoms with van der Waals surface area (Å²) in [6.07, 6.45) is 2.64. The molecule has 0 aliphatic heterocycles. The minimum absolute atomic E-state index is 0.205. The first-order valence-electron chi connectivity index (χ1n) is 6.54. The quantitative estimate of drug-likeness (QED) is 0.845. The number of aromatic nitrogens is 1. The third-order valence-electron chi connectivity index (χ3n) is 3.89. The number of benzene rings is 1. The first-order chi connectivity index (χ1) is 9.49. The van der Waals surface area contributed by atoms with Crippen LogP contribution in [0, 0.1) is 5.82 Å². The van der Waals surface area contributed by atoms with Gasteiger partial charge in [0.1, 0.15) is 5.82 Å². The third-order valence-corrected chi connectivity index (χ3v) is 4.49. The van der Waals surface area contributed by atoms with Crippen molar-refractivity contribution in [2.24, 2.45) is 0 Å². The maximum atomic E-state index is 13.6. The van der Waals surface area contributed by atoms with Crippen molar-refractivity contribution in [1.82, 2.24) is 4.98 Å². The second-order valence-electron chi connectivity index (χ2n) is 5.23. The predicted molar refractivity (Wildman–Crippen MR) is 77.7 cm³/mol. The molecule has 0 amide bonds. The highest BCUT2D eigenvalue weighted by Crippen LogP contribution is 2.37. The van der Waals surface area contributed by atoms with Crippen molar-refractivity contribution in [1.29, 1.82) is 0 Å². The van der Waals surface area contributed by atoms with Crippen LogP contribution in [0.15, 0.2) is 16.6 Å². The number of rotatable bonds is 1. The van der Waals surface area contributed by atoms with Crippen molar-refractivity contribution in [3.63, 3.8) is 0 Å². The molecule has 1 aromatic heterocycles.